The number of benzene rings is 4. The summed E-state index contributed by atoms with van der Waals surface area (Å²) in [5.74, 6) is -2.06. The van der Waals surface area contributed by atoms with Gasteiger partial charge in [-0.25, -0.2) is 9.78 Å². The van der Waals surface area contributed by atoms with Crippen LogP contribution in [-0.2, 0) is 49.9 Å². The van der Waals surface area contributed by atoms with E-state index < -0.39 is 48.1 Å². The number of carbonyl (C=O) groups is 4. The smallest absolute Gasteiger partial charge is 0.408 e. The molecule has 5 atom stereocenters. The number of esters is 1. The van der Waals surface area contributed by atoms with Crippen LogP contribution < -0.4 is 16.0 Å². The van der Waals surface area contributed by atoms with Crippen LogP contribution in [0.3, 0.4) is 0 Å². The summed E-state index contributed by atoms with van der Waals surface area (Å²) in [5.41, 5.74) is 2.97. The number of amides is 3. The van der Waals surface area contributed by atoms with Gasteiger partial charge in [-0.15, -0.1) is 0 Å². The van der Waals surface area contributed by atoms with Crippen molar-refractivity contribution in [2.45, 2.75) is 77.0 Å². The molecule has 1 heterocycles. The Bertz CT molecular complexity index is 1950. The Morgan fingerprint density at radius 2 is 1.35 bits per heavy atom. The fourth-order valence-corrected chi connectivity index (χ4v) is 6.14. The number of aromatic amines is 1. The number of nitrogens with one attached hydrogen (secondary N) is 4. The highest BCUT2D eigenvalue weighted by Crippen LogP contribution is 2.21. The Morgan fingerprint density at radius 1 is 0.741 bits per heavy atom. The zero-order valence-electron chi connectivity index (χ0n) is 30.4. The number of rotatable bonds is 18. The third-order valence-corrected chi connectivity index (χ3v) is 9.34. The average Bonchev–Trinajstić information content (AvgIpc) is 3.71. The quantitative estimate of drug-likeness (QED) is 0.0770. The van der Waals surface area contributed by atoms with Gasteiger partial charge in [-0.05, 0) is 33.4 Å². The lowest BCUT2D eigenvalue weighted by Gasteiger charge is -2.31. The molecule has 12 nitrogen and oxygen atoms in total. The third-order valence-electron chi connectivity index (χ3n) is 9.34. The number of aliphatic hydroxyl groups excluding tert-OH is 1. The molecule has 0 saturated heterocycles. The molecule has 3 unspecified atom stereocenters. The Kier molecular flexibility index (Phi) is 14.3. The van der Waals surface area contributed by atoms with E-state index >= 15 is 0 Å². The van der Waals surface area contributed by atoms with Gasteiger partial charge in [0.15, 0.2) is 0 Å². The zero-order valence-corrected chi connectivity index (χ0v) is 30.4. The molecule has 0 fully saturated rings. The summed E-state index contributed by atoms with van der Waals surface area (Å²) in [6.07, 6.45) is 1.31. The van der Waals surface area contributed by atoms with Gasteiger partial charge in [0, 0.05) is 24.7 Å². The lowest BCUT2D eigenvalue weighted by Crippen LogP contribution is -2.58. The van der Waals surface area contributed by atoms with Gasteiger partial charge in [-0.2, -0.15) is 0 Å². The van der Waals surface area contributed by atoms with E-state index in [-0.39, 0.29) is 38.4 Å². The highest BCUT2D eigenvalue weighted by Gasteiger charge is 2.33. The molecule has 0 aliphatic heterocycles. The highest BCUT2D eigenvalue weighted by atomic mass is 16.5. The molecule has 4 aromatic carbocycles. The van der Waals surface area contributed by atoms with Crippen LogP contribution in [0.4, 0.5) is 4.79 Å². The van der Waals surface area contributed by atoms with E-state index in [9.17, 15) is 24.3 Å². The van der Waals surface area contributed by atoms with Crippen LogP contribution in [0, 0.1) is 5.92 Å². The van der Waals surface area contributed by atoms with Crippen LogP contribution in [-0.4, -0.2) is 63.2 Å². The summed E-state index contributed by atoms with van der Waals surface area (Å²) in [5, 5.41) is 21.6. The number of aliphatic hydroxyl groups is 1. The fourth-order valence-electron chi connectivity index (χ4n) is 6.14. The maximum atomic E-state index is 14.2. The van der Waals surface area contributed by atoms with Crippen molar-refractivity contribution in [2.24, 2.45) is 5.92 Å². The molecule has 0 bridgehead atoms. The van der Waals surface area contributed by atoms with Crippen LogP contribution in [0.15, 0.2) is 116 Å². The Labute approximate surface area is 314 Å². The maximum absolute atomic E-state index is 14.2. The van der Waals surface area contributed by atoms with E-state index in [1.54, 1.807) is 6.20 Å². The Hall–Kier alpha value is -6.01. The largest absolute Gasteiger partial charge is 0.461 e. The number of hydrogen-bond acceptors (Lipinski definition) is 8. The summed E-state index contributed by atoms with van der Waals surface area (Å²) >= 11 is 0. The molecule has 5 N–H and O–H groups in total. The molecule has 0 radical (unpaired) electrons. The van der Waals surface area contributed by atoms with Gasteiger partial charge >= 0.3 is 12.1 Å². The molecule has 0 saturated carbocycles. The van der Waals surface area contributed by atoms with Crippen LogP contribution in [0.1, 0.15) is 49.1 Å². The second-order valence-electron chi connectivity index (χ2n) is 13.3. The molecular formula is C42H47N5O7. The Morgan fingerprint density at radius 3 is 2.02 bits per heavy atom. The predicted molar refractivity (Wildman–Crippen MR) is 204 cm³/mol. The molecule has 0 spiro atoms. The van der Waals surface area contributed by atoms with E-state index in [2.05, 4.69) is 25.9 Å². The van der Waals surface area contributed by atoms with Crippen molar-refractivity contribution in [2.75, 3.05) is 0 Å². The minimum atomic E-state index is -1.27. The summed E-state index contributed by atoms with van der Waals surface area (Å²) in [4.78, 5) is 61.2. The molecule has 5 rings (SSSR count). The van der Waals surface area contributed by atoms with Crippen molar-refractivity contribution >= 4 is 34.6 Å². The lowest BCUT2D eigenvalue weighted by atomic mass is 9.92. The first kappa shape index (κ1) is 39.2. The first-order valence-corrected chi connectivity index (χ1v) is 18.1. The van der Waals surface area contributed by atoms with Crippen molar-refractivity contribution in [3.63, 3.8) is 0 Å². The number of alkyl carbamates (subject to hydrolysis) is 1. The van der Waals surface area contributed by atoms with Gasteiger partial charge in [0.05, 0.1) is 24.9 Å². The van der Waals surface area contributed by atoms with Crippen molar-refractivity contribution in [3.8, 4) is 0 Å². The SMILES string of the molecule is CCC(C)C(NC(=O)[C@@H](Cc1cnc[nH]1)NC(=O)[C@@H](Cc1cccc2ccccc12)NC(=O)OCc1ccccc1)C(O)CC(=O)OCc1ccccc1. The zero-order chi connectivity index (χ0) is 38.3. The number of H-pyrrole nitrogens is 1. The van der Waals surface area contributed by atoms with E-state index in [0.717, 1.165) is 27.5 Å². The van der Waals surface area contributed by atoms with E-state index in [1.165, 1.54) is 6.33 Å². The molecule has 3 amide bonds. The first-order valence-electron chi connectivity index (χ1n) is 18.1. The van der Waals surface area contributed by atoms with Crippen LogP contribution in [0.25, 0.3) is 10.8 Å². The van der Waals surface area contributed by atoms with Gasteiger partial charge < -0.3 is 35.5 Å². The number of aromatic nitrogens is 2. The van der Waals surface area contributed by atoms with E-state index in [0.29, 0.717) is 12.1 Å². The van der Waals surface area contributed by atoms with Crippen molar-refractivity contribution < 1.29 is 33.8 Å². The monoisotopic (exact) mass is 733 g/mol. The molecule has 282 valence electrons. The van der Waals surface area contributed by atoms with E-state index in [1.807, 2.05) is 117 Å². The molecular weight excluding hydrogens is 686 g/mol. The number of ether oxygens (including phenoxy) is 2. The second kappa shape index (κ2) is 19.7. The van der Waals surface area contributed by atoms with Gasteiger partial charge in [0.25, 0.3) is 0 Å². The van der Waals surface area contributed by atoms with Gasteiger partial charge in [-0.3, -0.25) is 14.4 Å². The normalized spacial score (nSPS) is 13.8. The summed E-state index contributed by atoms with van der Waals surface area (Å²) in [7, 11) is 0. The fraction of sp³-hybridized carbons (Fsp3) is 0.310. The lowest BCUT2D eigenvalue weighted by molar-refractivity contribution is -0.148. The molecule has 5 aromatic rings. The molecule has 0 aliphatic carbocycles. The van der Waals surface area contributed by atoms with Gasteiger partial charge in [-0.1, -0.05) is 123 Å². The number of carbonyl (C=O) groups excluding carboxylic acids is 4. The Balaban J connectivity index is 1.33. The minimum absolute atomic E-state index is 0.000733. The standard InChI is InChI=1S/C42H47N5O7/c1-3-28(2)39(37(48)23-38(49)53-25-29-13-6-4-7-14-29)47-41(51)36(22-33-24-43-27-44-33)45-40(50)35(46-42(52)54-26-30-15-8-5-9-16-30)21-32-19-12-18-31-17-10-11-20-34(31)32/h4-20,24,27-28,35-37,39,48H,3,21-23,25-26H2,1-2H3,(H,43,44)(H,45,50)(H,46,52)(H,47,51)/t28?,35-,36-,37?,39?/m1/s1. The van der Waals surface area contributed by atoms with Crippen LogP contribution >= 0.6 is 0 Å². The number of nitrogens with zero attached hydrogens (tertiary/aromatic N) is 1. The van der Waals surface area contributed by atoms with Gasteiger partial charge in [0.1, 0.15) is 25.3 Å². The van der Waals surface area contributed by atoms with Crippen LogP contribution in [0.5, 0.6) is 0 Å². The van der Waals surface area contributed by atoms with Crippen molar-refractivity contribution in [1.82, 2.24) is 25.9 Å². The van der Waals surface area contributed by atoms with Gasteiger partial charge in [0.2, 0.25) is 11.8 Å². The third kappa shape index (κ3) is 11.5. The van der Waals surface area contributed by atoms with Crippen LogP contribution in [0.2, 0.25) is 0 Å². The average molecular weight is 734 g/mol. The number of hydrogen-bond donors (Lipinski definition) is 5. The summed E-state index contributed by atoms with van der Waals surface area (Å²) < 4.78 is 10.9. The van der Waals surface area contributed by atoms with Crippen molar-refractivity contribution in [3.05, 3.63) is 138 Å². The number of imidazole rings is 1. The molecule has 0 aliphatic rings. The summed E-state index contributed by atoms with van der Waals surface area (Å²) in [6.45, 7) is 3.82. The molecule has 12 heteroatoms. The second-order valence-corrected chi connectivity index (χ2v) is 13.3. The molecule has 1 aromatic heterocycles. The number of fused-ring (bicyclic) bond motifs is 1. The highest BCUT2D eigenvalue weighted by molar-refractivity contribution is 5.93. The summed E-state index contributed by atoms with van der Waals surface area (Å²) in [6, 6.07) is 28.7. The predicted octanol–water partition coefficient (Wildman–Crippen LogP) is 5.15. The minimum Gasteiger partial charge on any atom is -0.461 e. The molecule has 54 heavy (non-hydrogen) atoms. The van der Waals surface area contributed by atoms with Crippen molar-refractivity contribution in [1.29, 1.82) is 0 Å². The maximum Gasteiger partial charge on any atom is 0.408 e. The van der Waals surface area contributed by atoms with E-state index in [4.69, 9.17) is 9.47 Å². The first-order chi connectivity index (χ1) is 26.2. The topological polar surface area (TPSA) is 172 Å².